The zero-order valence-electron chi connectivity index (χ0n) is 10.2. The second kappa shape index (κ2) is 5.10. The van der Waals surface area contributed by atoms with E-state index in [0.29, 0.717) is 6.04 Å². The van der Waals surface area contributed by atoms with Crippen molar-refractivity contribution in [3.63, 3.8) is 0 Å². The van der Waals surface area contributed by atoms with Crippen LogP contribution in [0.1, 0.15) is 30.5 Å². The van der Waals surface area contributed by atoms with Crippen molar-refractivity contribution >= 4 is 28.9 Å². The third-order valence-corrected chi connectivity index (χ3v) is 3.69. The van der Waals surface area contributed by atoms with E-state index < -0.39 is 0 Å². The van der Waals surface area contributed by atoms with Gasteiger partial charge in [-0.15, -0.1) is 11.3 Å². The second-order valence-corrected chi connectivity index (χ2v) is 6.07. The average Bonchev–Trinajstić information content (AvgIpc) is 2.82. The quantitative estimate of drug-likeness (QED) is 0.906. The minimum atomic E-state index is 0.408. The molecule has 0 aromatic carbocycles. The fourth-order valence-corrected chi connectivity index (χ4v) is 2.68. The van der Waals surface area contributed by atoms with Crippen molar-refractivity contribution in [3.8, 4) is 0 Å². The maximum absolute atomic E-state index is 5.90. The highest BCUT2D eigenvalue weighted by atomic mass is 35.5. The number of aryl methyl sites for hydroxylation is 1. The first-order valence-electron chi connectivity index (χ1n) is 5.60. The Hall–Kier alpha value is -1.00. The minimum absolute atomic E-state index is 0.408. The van der Waals surface area contributed by atoms with Crippen molar-refractivity contribution in [2.75, 3.05) is 5.32 Å². The second-order valence-electron chi connectivity index (χ2n) is 4.27. The van der Waals surface area contributed by atoms with Gasteiger partial charge in [0, 0.05) is 17.1 Å². The Bertz CT molecular complexity index is 502. The molecule has 2 rings (SSSR count). The number of thiophene rings is 1. The highest BCUT2D eigenvalue weighted by molar-refractivity contribution is 7.16. The Balaban J connectivity index is 2.08. The lowest BCUT2D eigenvalue weighted by Gasteiger charge is -2.11. The van der Waals surface area contributed by atoms with Gasteiger partial charge in [0.05, 0.1) is 16.6 Å². The SMILES string of the molecule is Cc1cn(C(C)C)c(NCc2ccc(Cl)s2)n1. The fraction of sp³-hybridized carbons (Fsp3) is 0.417. The number of hydrogen-bond acceptors (Lipinski definition) is 3. The first-order chi connectivity index (χ1) is 8.06. The maximum atomic E-state index is 5.90. The molecule has 1 N–H and O–H groups in total. The number of rotatable bonds is 4. The molecule has 17 heavy (non-hydrogen) atoms. The molecule has 0 aliphatic carbocycles. The smallest absolute Gasteiger partial charge is 0.203 e. The molecular weight excluding hydrogens is 254 g/mol. The van der Waals surface area contributed by atoms with Gasteiger partial charge in [-0.25, -0.2) is 4.98 Å². The van der Waals surface area contributed by atoms with E-state index in [4.69, 9.17) is 11.6 Å². The lowest BCUT2D eigenvalue weighted by molar-refractivity contribution is 0.604. The van der Waals surface area contributed by atoms with Gasteiger partial charge in [0.1, 0.15) is 0 Å². The summed E-state index contributed by atoms with van der Waals surface area (Å²) in [6.45, 7) is 7.06. The first kappa shape index (κ1) is 12.5. The van der Waals surface area contributed by atoms with Gasteiger partial charge < -0.3 is 9.88 Å². The zero-order chi connectivity index (χ0) is 12.4. The Kier molecular flexibility index (Phi) is 3.74. The predicted octanol–water partition coefficient (Wildman–Crippen LogP) is 4.10. The van der Waals surface area contributed by atoms with E-state index >= 15 is 0 Å². The molecule has 0 fully saturated rings. The van der Waals surface area contributed by atoms with Crippen LogP contribution in [0.5, 0.6) is 0 Å². The standard InChI is InChI=1S/C12H16ClN3S/c1-8(2)16-7-9(3)15-12(16)14-6-10-4-5-11(13)17-10/h4-5,7-8H,6H2,1-3H3,(H,14,15). The summed E-state index contributed by atoms with van der Waals surface area (Å²) < 4.78 is 2.97. The van der Waals surface area contributed by atoms with Crippen LogP contribution < -0.4 is 5.32 Å². The lowest BCUT2D eigenvalue weighted by Crippen LogP contribution is -2.08. The van der Waals surface area contributed by atoms with Crippen LogP contribution in [0, 0.1) is 6.92 Å². The van der Waals surface area contributed by atoms with Crippen LogP contribution in [0.4, 0.5) is 5.95 Å². The Morgan fingerprint density at radius 1 is 1.47 bits per heavy atom. The van der Waals surface area contributed by atoms with E-state index in [-0.39, 0.29) is 0 Å². The van der Waals surface area contributed by atoms with Gasteiger partial charge in [-0.05, 0) is 32.9 Å². The summed E-state index contributed by atoms with van der Waals surface area (Å²) in [7, 11) is 0. The molecule has 0 bridgehead atoms. The number of anilines is 1. The van der Waals surface area contributed by atoms with Crippen molar-refractivity contribution in [2.24, 2.45) is 0 Å². The van der Waals surface area contributed by atoms with Crippen molar-refractivity contribution in [2.45, 2.75) is 33.4 Å². The number of aromatic nitrogens is 2. The molecular formula is C12H16ClN3S. The number of nitrogens with one attached hydrogen (secondary N) is 1. The van der Waals surface area contributed by atoms with Gasteiger partial charge in [0.15, 0.2) is 0 Å². The number of nitrogens with zero attached hydrogens (tertiary/aromatic N) is 2. The van der Waals surface area contributed by atoms with Crippen molar-refractivity contribution in [3.05, 3.63) is 33.2 Å². The summed E-state index contributed by atoms with van der Waals surface area (Å²) in [4.78, 5) is 5.69. The molecule has 0 saturated carbocycles. The van der Waals surface area contributed by atoms with Gasteiger partial charge in [-0.3, -0.25) is 0 Å². The lowest BCUT2D eigenvalue weighted by atomic mass is 10.4. The monoisotopic (exact) mass is 269 g/mol. The Morgan fingerprint density at radius 2 is 2.24 bits per heavy atom. The molecule has 0 amide bonds. The van der Waals surface area contributed by atoms with Crippen molar-refractivity contribution < 1.29 is 0 Å². The van der Waals surface area contributed by atoms with E-state index in [1.807, 2.05) is 19.1 Å². The van der Waals surface area contributed by atoms with Gasteiger partial charge in [-0.2, -0.15) is 0 Å². The van der Waals surface area contributed by atoms with Gasteiger partial charge >= 0.3 is 0 Å². The Morgan fingerprint density at radius 3 is 2.82 bits per heavy atom. The average molecular weight is 270 g/mol. The summed E-state index contributed by atoms with van der Waals surface area (Å²) in [5.41, 5.74) is 1.03. The van der Waals surface area contributed by atoms with Crippen LogP contribution in [0.15, 0.2) is 18.3 Å². The van der Waals surface area contributed by atoms with Crippen LogP contribution in [0.3, 0.4) is 0 Å². The third kappa shape index (κ3) is 3.01. The maximum Gasteiger partial charge on any atom is 0.203 e. The topological polar surface area (TPSA) is 29.9 Å². The zero-order valence-corrected chi connectivity index (χ0v) is 11.8. The summed E-state index contributed by atoms with van der Waals surface area (Å²) in [6, 6.07) is 4.37. The molecule has 0 spiro atoms. The molecule has 2 aromatic heterocycles. The van der Waals surface area contributed by atoms with E-state index in [2.05, 4.69) is 34.9 Å². The largest absolute Gasteiger partial charge is 0.351 e. The molecule has 0 saturated heterocycles. The third-order valence-electron chi connectivity index (χ3n) is 2.46. The number of halogens is 1. The van der Waals surface area contributed by atoms with Gasteiger partial charge in [0.25, 0.3) is 0 Å². The fourth-order valence-electron chi connectivity index (χ4n) is 1.65. The molecule has 2 heterocycles. The van der Waals surface area contributed by atoms with Crippen LogP contribution >= 0.6 is 22.9 Å². The number of hydrogen-bond donors (Lipinski definition) is 1. The van der Waals surface area contributed by atoms with Crippen LogP contribution in [0.2, 0.25) is 4.34 Å². The number of imidazole rings is 1. The van der Waals surface area contributed by atoms with Crippen LogP contribution in [-0.2, 0) is 6.54 Å². The van der Waals surface area contributed by atoms with E-state index in [1.54, 1.807) is 11.3 Å². The highest BCUT2D eigenvalue weighted by Gasteiger charge is 2.08. The molecule has 0 unspecified atom stereocenters. The molecule has 0 atom stereocenters. The van der Waals surface area contributed by atoms with Crippen molar-refractivity contribution in [1.82, 2.24) is 9.55 Å². The molecule has 3 nitrogen and oxygen atoms in total. The normalized spacial score (nSPS) is 11.1. The summed E-state index contributed by atoms with van der Waals surface area (Å²) in [6.07, 6.45) is 2.06. The van der Waals surface area contributed by atoms with E-state index in [1.165, 1.54) is 4.88 Å². The van der Waals surface area contributed by atoms with E-state index in [0.717, 1.165) is 22.5 Å². The molecule has 5 heteroatoms. The van der Waals surface area contributed by atoms with Crippen LogP contribution in [-0.4, -0.2) is 9.55 Å². The predicted molar refractivity (Wildman–Crippen MR) is 74.0 cm³/mol. The molecule has 2 aromatic rings. The molecule has 0 aliphatic rings. The van der Waals surface area contributed by atoms with Crippen molar-refractivity contribution in [1.29, 1.82) is 0 Å². The van der Waals surface area contributed by atoms with E-state index in [9.17, 15) is 0 Å². The summed E-state index contributed by atoms with van der Waals surface area (Å²) in [5.74, 6) is 0.919. The molecule has 0 radical (unpaired) electrons. The van der Waals surface area contributed by atoms with Crippen LogP contribution in [0.25, 0.3) is 0 Å². The molecule has 0 aliphatic heterocycles. The summed E-state index contributed by atoms with van der Waals surface area (Å²) in [5, 5.41) is 3.35. The first-order valence-corrected chi connectivity index (χ1v) is 6.79. The summed E-state index contributed by atoms with van der Waals surface area (Å²) >= 11 is 7.49. The molecule has 92 valence electrons. The van der Waals surface area contributed by atoms with Gasteiger partial charge in [0.2, 0.25) is 5.95 Å². The Labute approximate surface area is 110 Å². The minimum Gasteiger partial charge on any atom is -0.351 e. The highest BCUT2D eigenvalue weighted by Crippen LogP contribution is 2.23. The van der Waals surface area contributed by atoms with Gasteiger partial charge in [-0.1, -0.05) is 11.6 Å².